The van der Waals surface area contributed by atoms with Crippen LogP contribution in [-0.2, 0) is 4.74 Å². The summed E-state index contributed by atoms with van der Waals surface area (Å²) in [7, 11) is 0. The maximum Gasteiger partial charge on any atom is 0.410 e. The number of carbonyl (C=O) groups excluding carboxylic acids is 1. The Bertz CT molecular complexity index is 1570. The quantitative estimate of drug-likeness (QED) is 0.311. The van der Waals surface area contributed by atoms with Gasteiger partial charge in [-0.05, 0) is 65.7 Å². The molecule has 40 heavy (non-hydrogen) atoms. The molecule has 5 rings (SSSR count). The van der Waals surface area contributed by atoms with Crippen LogP contribution in [0, 0.1) is 18.3 Å². The molecule has 0 radical (unpaired) electrons. The predicted octanol–water partition coefficient (Wildman–Crippen LogP) is 5.53. The van der Waals surface area contributed by atoms with E-state index in [1.165, 1.54) is 6.20 Å². The second-order valence-electron chi connectivity index (χ2n) is 10.9. The van der Waals surface area contributed by atoms with E-state index in [-0.39, 0.29) is 12.1 Å². The SMILES string of the molecule is Cc1c(-c2cc(O[C@H](C)c3ccc(Cl)cn3)n3c(C#N)cnc3c2)nnn1C1CCN(C(=O)OC(C)(C)C)CC1. The molecule has 1 aliphatic rings. The number of ether oxygens (including phenoxy) is 2. The standard InChI is InChI=1S/C28H31ClN8O3/c1-17-26(33-34-37(17)21-8-10-35(11-9-21)27(38)40-28(3,4)5)19-12-24-32-16-22(14-30)36(24)25(13-19)39-18(2)23-7-6-20(29)15-31-23/h6-7,12-13,15-16,18,21H,8-11H2,1-5H3/t18-/m1/s1. The molecule has 0 aliphatic carbocycles. The van der Waals surface area contributed by atoms with Gasteiger partial charge in [-0.3, -0.25) is 9.38 Å². The second-order valence-corrected chi connectivity index (χ2v) is 11.3. The van der Waals surface area contributed by atoms with E-state index in [1.807, 2.05) is 51.4 Å². The van der Waals surface area contributed by atoms with E-state index in [9.17, 15) is 10.1 Å². The molecule has 1 atom stereocenters. The van der Waals surface area contributed by atoms with Gasteiger partial charge >= 0.3 is 6.09 Å². The van der Waals surface area contributed by atoms with Gasteiger partial charge in [0.2, 0.25) is 5.88 Å². The number of pyridine rings is 2. The molecule has 12 heteroatoms. The van der Waals surface area contributed by atoms with E-state index in [1.54, 1.807) is 27.6 Å². The van der Waals surface area contributed by atoms with Gasteiger partial charge in [0.25, 0.3) is 0 Å². The van der Waals surface area contributed by atoms with E-state index in [2.05, 4.69) is 26.3 Å². The van der Waals surface area contributed by atoms with Crippen molar-refractivity contribution >= 4 is 23.3 Å². The third-order valence-corrected chi connectivity index (χ3v) is 7.04. The molecular weight excluding hydrogens is 532 g/mol. The number of hydrogen-bond acceptors (Lipinski definition) is 8. The minimum absolute atomic E-state index is 0.104. The van der Waals surface area contributed by atoms with Crippen molar-refractivity contribution in [3.63, 3.8) is 0 Å². The van der Waals surface area contributed by atoms with Crippen molar-refractivity contribution in [1.29, 1.82) is 5.26 Å². The summed E-state index contributed by atoms with van der Waals surface area (Å²) in [5.74, 6) is 0.436. The van der Waals surface area contributed by atoms with Gasteiger partial charge in [0, 0.05) is 30.9 Å². The van der Waals surface area contributed by atoms with Crippen LogP contribution < -0.4 is 4.74 Å². The first-order valence-corrected chi connectivity index (χ1v) is 13.5. The van der Waals surface area contributed by atoms with Crippen LogP contribution in [0.4, 0.5) is 4.79 Å². The Labute approximate surface area is 237 Å². The lowest BCUT2D eigenvalue weighted by Gasteiger charge is -2.33. The molecule has 0 aromatic carbocycles. The highest BCUT2D eigenvalue weighted by Gasteiger charge is 2.29. The summed E-state index contributed by atoms with van der Waals surface area (Å²) < 4.78 is 15.4. The monoisotopic (exact) mass is 562 g/mol. The molecule has 11 nitrogen and oxygen atoms in total. The zero-order chi connectivity index (χ0) is 28.6. The zero-order valence-electron chi connectivity index (χ0n) is 23.1. The Morgan fingerprint density at radius 2 is 1.93 bits per heavy atom. The van der Waals surface area contributed by atoms with Crippen LogP contribution in [0.1, 0.15) is 69.8 Å². The maximum atomic E-state index is 12.5. The molecule has 1 aliphatic heterocycles. The highest BCUT2D eigenvalue weighted by Crippen LogP contribution is 2.33. The summed E-state index contributed by atoms with van der Waals surface area (Å²) >= 11 is 6.00. The van der Waals surface area contributed by atoms with Crippen molar-refractivity contribution in [3.05, 3.63) is 58.8 Å². The van der Waals surface area contributed by atoms with Crippen LogP contribution in [0.25, 0.3) is 16.9 Å². The highest BCUT2D eigenvalue weighted by atomic mass is 35.5. The third-order valence-electron chi connectivity index (χ3n) is 6.81. The molecule has 0 unspecified atom stereocenters. The summed E-state index contributed by atoms with van der Waals surface area (Å²) in [6.07, 6.45) is 3.86. The largest absolute Gasteiger partial charge is 0.469 e. The van der Waals surface area contributed by atoms with Crippen molar-refractivity contribution in [2.75, 3.05) is 13.1 Å². The first-order chi connectivity index (χ1) is 19.0. The molecular formula is C28H31ClN8O3. The zero-order valence-corrected chi connectivity index (χ0v) is 23.9. The number of fused-ring (bicyclic) bond motifs is 1. The van der Waals surface area contributed by atoms with E-state index < -0.39 is 11.7 Å². The molecule has 0 saturated carbocycles. The van der Waals surface area contributed by atoms with Gasteiger partial charge in [-0.1, -0.05) is 16.8 Å². The smallest absolute Gasteiger partial charge is 0.410 e. The highest BCUT2D eigenvalue weighted by molar-refractivity contribution is 6.30. The number of carbonyl (C=O) groups is 1. The van der Waals surface area contributed by atoms with Crippen LogP contribution in [0.3, 0.4) is 0 Å². The van der Waals surface area contributed by atoms with Gasteiger partial charge < -0.3 is 14.4 Å². The normalized spacial score (nSPS) is 15.2. The van der Waals surface area contributed by atoms with Crippen molar-refractivity contribution in [2.24, 2.45) is 0 Å². The second kappa shape index (κ2) is 10.8. The van der Waals surface area contributed by atoms with E-state index >= 15 is 0 Å². The fourth-order valence-corrected chi connectivity index (χ4v) is 4.94. The average molecular weight is 563 g/mol. The Morgan fingerprint density at radius 3 is 2.58 bits per heavy atom. The first-order valence-electron chi connectivity index (χ1n) is 13.1. The summed E-state index contributed by atoms with van der Waals surface area (Å²) in [5, 5.41) is 19.2. The van der Waals surface area contributed by atoms with Gasteiger partial charge in [-0.15, -0.1) is 5.10 Å². The van der Waals surface area contributed by atoms with Gasteiger partial charge in [-0.2, -0.15) is 5.26 Å². The summed E-state index contributed by atoms with van der Waals surface area (Å²) in [6.45, 7) is 10.6. The van der Waals surface area contributed by atoms with Crippen molar-refractivity contribution in [2.45, 2.75) is 65.2 Å². The summed E-state index contributed by atoms with van der Waals surface area (Å²) in [6, 6.07) is 9.54. The molecule has 4 aromatic rings. The van der Waals surface area contributed by atoms with Gasteiger partial charge in [0.15, 0.2) is 0 Å². The van der Waals surface area contributed by atoms with Crippen molar-refractivity contribution in [3.8, 4) is 23.2 Å². The van der Waals surface area contributed by atoms with E-state index in [4.69, 9.17) is 21.1 Å². The number of amides is 1. The van der Waals surface area contributed by atoms with Crippen molar-refractivity contribution in [1.82, 2.24) is 34.3 Å². The van der Waals surface area contributed by atoms with Crippen LogP contribution >= 0.6 is 11.6 Å². The molecule has 208 valence electrons. The molecule has 0 spiro atoms. The van der Waals surface area contributed by atoms with Gasteiger partial charge in [0.05, 0.1) is 28.6 Å². The molecule has 0 N–H and O–H groups in total. The van der Waals surface area contributed by atoms with E-state index in [0.29, 0.717) is 46.7 Å². The lowest BCUT2D eigenvalue weighted by Crippen LogP contribution is -2.42. The maximum absolute atomic E-state index is 12.5. The Kier molecular flexibility index (Phi) is 7.38. The Morgan fingerprint density at radius 1 is 1.18 bits per heavy atom. The lowest BCUT2D eigenvalue weighted by molar-refractivity contribution is 0.0184. The Hall–Kier alpha value is -4.17. The lowest BCUT2D eigenvalue weighted by atomic mass is 10.0. The van der Waals surface area contributed by atoms with Crippen LogP contribution in [0.5, 0.6) is 5.88 Å². The molecule has 4 aromatic heterocycles. The number of nitriles is 1. The van der Waals surface area contributed by atoms with Gasteiger partial charge in [-0.25, -0.2) is 14.5 Å². The minimum Gasteiger partial charge on any atom is -0.469 e. The van der Waals surface area contributed by atoms with Crippen LogP contribution in [-0.4, -0.2) is 59.0 Å². The first kappa shape index (κ1) is 27.4. The fraction of sp³-hybridized carbons (Fsp3) is 0.429. The van der Waals surface area contributed by atoms with E-state index in [0.717, 1.165) is 24.1 Å². The topological polar surface area (TPSA) is 123 Å². The summed E-state index contributed by atoms with van der Waals surface area (Å²) in [5.41, 5.74) is 3.43. The number of piperidine rings is 1. The number of halogens is 1. The molecule has 5 heterocycles. The molecule has 0 bridgehead atoms. The Balaban J connectivity index is 1.41. The van der Waals surface area contributed by atoms with Gasteiger partial charge in [0.1, 0.15) is 34.8 Å². The number of likely N-dealkylation sites (tertiary alicyclic amines) is 1. The molecule has 1 amide bonds. The predicted molar refractivity (Wildman–Crippen MR) is 148 cm³/mol. The van der Waals surface area contributed by atoms with Crippen LogP contribution in [0.2, 0.25) is 5.02 Å². The minimum atomic E-state index is -0.527. The number of imidazole rings is 1. The van der Waals surface area contributed by atoms with Crippen molar-refractivity contribution < 1.29 is 14.3 Å². The van der Waals surface area contributed by atoms with Crippen LogP contribution in [0.15, 0.2) is 36.7 Å². The third kappa shape index (κ3) is 5.58. The molecule has 1 saturated heterocycles. The fourth-order valence-electron chi connectivity index (χ4n) is 4.82. The summed E-state index contributed by atoms with van der Waals surface area (Å²) in [4.78, 5) is 23.0. The number of nitrogens with zero attached hydrogens (tertiary/aromatic N) is 8. The molecule has 1 fully saturated rings. The number of aromatic nitrogens is 6. The average Bonchev–Trinajstić information content (AvgIpc) is 3.51. The number of hydrogen-bond donors (Lipinski definition) is 0. The number of rotatable bonds is 5.